The van der Waals surface area contributed by atoms with Crippen molar-refractivity contribution in [2.45, 2.75) is 25.8 Å². The van der Waals surface area contributed by atoms with Crippen molar-refractivity contribution in [3.8, 4) is 11.3 Å². The zero-order valence-electron chi connectivity index (χ0n) is 14.9. The molecule has 1 fully saturated rings. The number of piperidine rings is 1. The number of hydrogen-bond donors (Lipinski definition) is 2. The van der Waals surface area contributed by atoms with Gasteiger partial charge in [0, 0.05) is 23.2 Å². The molecule has 1 aromatic carbocycles. The van der Waals surface area contributed by atoms with Crippen LogP contribution in [0.4, 0.5) is 9.52 Å². The summed E-state index contributed by atoms with van der Waals surface area (Å²) in [6, 6.07) is 8.18. The van der Waals surface area contributed by atoms with E-state index in [0.29, 0.717) is 10.8 Å². The Balaban J connectivity index is 1.48. The molecule has 8 heteroatoms. The highest BCUT2D eigenvalue weighted by atomic mass is 32.1. The van der Waals surface area contributed by atoms with Crippen molar-refractivity contribution in [1.82, 2.24) is 20.1 Å². The van der Waals surface area contributed by atoms with Crippen molar-refractivity contribution in [1.29, 1.82) is 0 Å². The van der Waals surface area contributed by atoms with Gasteiger partial charge in [0.05, 0.1) is 11.7 Å². The lowest BCUT2D eigenvalue weighted by Gasteiger charge is -2.22. The van der Waals surface area contributed by atoms with Crippen LogP contribution in [0.1, 0.15) is 34.2 Å². The van der Waals surface area contributed by atoms with Gasteiger partial charge in [-0.2, -0.15) is 5.10 Å². The minimum Gasteiger partial charge on any atom is -0.315 e. The fourth-order valence-electron chi connectivity index (χ4n) is 3.21. The van der Waals surface area contributed by atoms with Crippen LogP contribution in [0.25, 0.3) is 11.3 Å². The first kappa shape index (κ1) is 17.8. The standard InChI is InChI=1S/C19H20FN5OS/c1-12-17(13-4-6-14(20)7-5-13)22-19(27-12)23-18(26)16-8-10-25(24-16)15-3-2-9-21-11-15/h4-8,10,15,21H,2-3,9,11H2,1H3,(H,22,23,26). The normalized spacial score (nSPS) is 17.0. The van der Waals surface area contributed by atoms with Crippen molar-refractivity contribution in [2.75, 3.05) is 18.4 Å². The zero-order valence-corrected chi connectivity index (χ0v) is 15.7. The number of aryl methyl sites for hydroxylation is 1. The van der Waals surface area contributed by atoms with Crippen molar-refractivity contribution < 1.29 is 9.18 Å². The summed E-state index contributed by atoms with van der Waals surface area (Å²) in [7, 11) is 0. The van der Waals surface area contributed by atoms with Crippen molar-refractivity contribution in [3.05, 3.63) is 52.9 Å². The molecule has 140 valence electrons. The maximum Gasteiger partial charge on any atom is 0.277 e. The van der Waals surface area contributed by atoms with Gasteiger partial charge >= 0.3 is 0 Å². The maximum absolute atomic E-state index is 13.1. The van der Waals surface area contributed by atoms with E-state index in [2.05, 4.69) is 20.7 Å². The summed E-state index contributed by atoms with van der Waals surface area (Å²) in [6.45, 7) is 3.83. The summed E-state index contributed by atoms with van der Waals surface area (Å²) in [6.07, 6.45) is 4.02. The van der Waals surface area contributed by atoms with Crippen molar-refractivity contribution >= 4 is 22.4 Å². The quantitative estimate of drug-likeness (QED) is 0.719. The molecule has 4 rings (SSSR count). The summed E-state index contributed by atoms with van der Waals surface area (Å²) in [5.41, 5.74) is 1.94. The molecule has 0 bridgehead atoms. The Morgan fingerprint density at radius 2 is 2.15 bits per heavy atom. The lowest BCUT2D eigenvalue weighted by molar-refractivity contribution is 0.102. The van der Waals surface area contributed by atoms with E-state index in [1.165, 1.54) is 23.5 Å². The fraction of sp³-hybridized carbons (Fsp3) is 0.316. The van der Waals surface area contributed by atoms with Crippen LogP contribution in [0.2, 0.25) is 0 Å². The number of nitrogens with one attached hydrogen (secondary N) is 2. The molecule has 0 aliphatic carbocycles. The number of benzene rings is 1. The Bertz CT molecular complexity index is 943. The van der Waals surface area contributed by atoms with E-state index in [9.17, 15) is 9.18 Å². The van der Waals surface area contributed by atoms with Crippen LogP contribution >= 0.6 is 11.3 Å². The minimum absolute atomic E-state index is 0.281. The SMILES string of the molecule is Cc1sc(NC(=O)c2ccn(C3CCCNC3)n2)nc1-c1ccc(F)cc1. The number of nitrogens with zero attached hydrogens (tertiary/aromatic N) is 3. The number of aromatic nitrogens is 3. The largest absolute Gasteiger partial charge is 0.315 e. The second kappa shape index (κ2) is 7.58. The molecule has 2 N–H and O–H groups in total. The number of rotatable bonds is 4. The molecular formula is C19H20FN5OS. The monoisotopic (exact) mass is 385 g/mol. The Morgan fingerprint density at radius 3 is 2.89 bits per heavy atom. The molecule has 1 atom stereocenters. The molecule has 1 aliphatic heterocycles. The lowest BCUT2D eigenvalue weighted by atomic mass is 10.1. The third kappa shape index (κ3) is 3.91. The average molecular weight is 385 g/mol. The number of amides is 1. The third-order valence-electron chi connectivity index (χ3n) is 4.62. The topological polar surface area (TPSA) is 71.8 Å². The van der Waals surface area contributed by atoms with Crippen LogP contribution in [0.15, 0.2) is 36.5 Å². The molecule has 0 radical (unpaired) electrons. The summed E-state index contributed by atoms with van der Waals surface area (Å²) in [5.74, 6) is -0.569. The smallest absolute Gasteiger partial charge is 0.277 e. The van der Waals surface area contributed by atoms with Crippen LogP contribution < -0.4 is 10.6 Å². The highest BCUT2D eigenvalue weighted by Gasteiger charge is 2.19. The van der Waals surface area contributed by atoms with E-state index in [4.69, 9.17) is 0 Å². The molecule has 1 saturated heterocycles. The number of carbonyl (C=O) groups excluding carboxylic acids is 1. The first-order chi connectivity index (χ1) is 13.1. The summed E-state index contributed by atoms with van der Waals surface area (Å²) < 4.78 is 15.0. The Hall–Kier alpha value is -2.58. The molecule has 3 aromatic rings. The predicted octanol–water partition coefficient (Wildman–Crippen LogP) is 3.63. The molecule has 0 spiro atoms. The Kier molecular flexibility index (Phi) is 5.00. The van der Waals surface area contributed by atoms with Crippen LogP contribution in [0, 0.1) is 12.7 Å². The van der Waals surface area contributed by atoms with Gasteiger partial charge in [-0.15, -0.1) is 11.3 Å². The number of carbonyl (C=O) groups is 1. The number of thiazole rings is 1. The number of anilines is 1. The Morgan fingerprint density at radius 1 is 1.33 bits per heavy atom. The van der Waals surface area contributed by atoms with Crippen LogP contribution in [-0.4, -0.2) is 33.8 Å². The molecule has 3 heterocycles. The number of hydrogen-bond acceptors (Lipinski definition) is 5. The van der Waals surface area contributed by atoms with E-state index >= 15 is 0 Å². The highest BCUT2D eigenvalue weighted by molar-refractivity contribution is 7.16. The van der Waals surface area contributed by atoms with Gasteiger partial charge in [0.25, 0.3) is 5.91 Å². The van der Waals surface area contributed by atoms with Gasteiger partial charge in [-0.05, 0) is 56.6 Å². The van der Waals surface area contributed by atoms with E-state index in [1.54, 1.807) is 18.2 Å². The van der Waals surface area contributed by atoms with Gasteiger partial charge in [-0.25, -0.2) is 9.37 Å². The van der Waals surface area contributed by atoms with Crippen molar-refractivity contribution in [2.24, 2.45) is 0 Å². The summed E-state index contributed by atoms with van der Waals surface area (Å²) >= 11 is 1.39. The van der Waals surface area contributed by atoms with Gasteiger partial charge < -0.3 is 5.32 Å². The molecule has 6 nitrogen and oxygen atoms in total. The van der Waals surface area contributed by atoms with E-state index in [1.807, 2.05) is 17.8 Å². The van der Waals surface area contributed by atoms with E-state index in [-0.39, 0.29) is 17.8 Å². The van der Waals surface area contributed by atoms with E-state index < -0.39 is 0 Å². The first-order valence-corrected chi connectivity index (χ1v) is 9.72. The molecular weight excluding hydrogens is 365 g/mol. The highest BCUT2D eigenvalue weighted by Crippen LogP contribution is 2.30. The van der Waals surface area contributed by atoms with Gasteiger partial charge in [0.15, 0.2) is 10.8 Å². The minimum atomic E-state index is -0.288. The van der Waals surface area contributed by atoms with Crippen LogP contribution in [-0.2, 0) is 0 Å². The fourth-order valence-corrected chi connectivity index (χ4v) is 4.04. The van der Waals surface area contributed by atoms with Crippen LogP contribution in [0.5, 0.6) is 0 Å². The van der Waals surface area contributed by atoms with Gasteiger partial charge in [-0.1, -0.05) is 0 Å². The van der Waals surface area contributed by atoms with Gasteiger partial charge in [0.1, 0.15) is 5.82 Å². The maximum atomic E-state index is 13.1. The molecule has 27 heavy (non-hydrogen) atoms. The lowest BCUT2D eigenvalue weighted by Crippen LogP contribution is -2.32. The summed E-state index contributed by atoms with van der Waals surface area (Å²) in [5, 5.41) is 11.1. The van der Waals surface area contributed by atoms with Gasteiger partial charge in [0.2, 0.25) is 0 Å². The van der Waals surface area contributed by atoms with Crippen molar-refractivity contribution in [3.63, 3.8) is 0 Å². The van der Waals surface area contributed by atoms with E-state index in [0.717, 1.165) is 42.1 Å². The molecule has 2 aromatic heterocycles. The molecule has 0 saturated carbocycles. The molecule has 1 amide bonds. The zero-order chi connectivity index (χ0) is 18.8. The van der Waals surface area contributed by atoms with Gasteiger partial charge in [-0.3, -0.25) is 14.8 Å². The number of halogens is 1. The predicted molar refractivity (Wildman–Crippen MR) is 104 cm³/mol. The second-order valence-electron chi connectivity index (χ2n) is 6.57. The summed E-state index contributed by atoms with van der Waals surface area (Å²) in [4.78, 5) is 18.0. The second-order valence-corrected chi connectivity index (χ2v) is 7.77. The first-order valence-electron chi connectivity index (χ1n) is 8.91. The average Bonchev–Trinajstić information content (AvgIpc) is 3.30. The third-order valence-corrected chi connectivity index (χ3v) is 5.51. The Labute approximate surface area is 160 Å². The van der Waals surface area contributed by atoms with Crippen LogP contribution in [0.3, 0.4) is 0 Å². The molecule has 1 aliphatic rings. The molecule has 1 unspecified atom stereocenters.